The van der Waals surface area contributed by atoms with Gasteiger partial charge in [-0.1, -0.05) is 11.3 Å². The highest BCUT2D eigenvalue weighted by molar-refractivity contribution is 7.17. The van der Waals surface area contributed by atoms with Gasteiger partial charge in [0, 0.05) is 11.4 Å². The van der Waals surface area contributed by atoms with Gasteiger partial charge in [-0.3, -0.25) is 4.79 Å². The number of rotatable bonds is 3. The first-order chi connectivity index (χ1) is 8.04. The molecule has 0 bridgehead atoms. The molecule has 1 amide bonds. The third kappa shape index (κ3) is 2.76. The highest BCUT2D eigenvalue weighted by atomic mass is 32.1. The molecule has 2 heterocycles. The lowest BCUT2D eigenvalue weighted by molar-refractivity contribution is 0.100. The lowest BCUT2D eigenvalue weighted by atomic mass is 10.4. The second-order valence-electron chi connectivity index (χ2n) is 3.49. The van der Waals surface area contributed by atoms with Gasteiger partial charge >= 0.3 is 0 Å². The first-order valence-corrected chi connectivity index (χ1v) is 5.71. The van der Waals surface area contributed by atoms with E-state index < -0.39 is 5.91 Å². The molecule has 2 aromatic heterocycles. The standard InChI is InChI=1S/C10H11N5OS/c1-5-3-6(2)14-9(13-5)15-10-12-4-7(17-10)8(11)16/h3-4H,1-2H3,(H2,11,16)(H,12,13,14,15). The van der Waals surface area contributed by atoms with E-state index in [0.29, 0.717) is 16.0 Å². The molecule has 0 aromatic carbocycles. The van der Waals surface area contributed by atoms with Crippen LogP contribution >= 0.6 is 11.3 Å². The number of carbonyl (C=O) groups excluding carboxylic acids is 1. The van der Waals surface area contributed by atoms with E-state index in [0.717, 1.165) is 11.4 Å². The van der Waals surface area contributed by atoms with Gasteiger partial charge in [-0.25, -0.2) is 15.0 Å². The third-order valence-electron chi connectivity index (χ3n) is 1.95. The molecule has 2 rings (SSSR count). The van der Waals surface area contributed by atoms with E-state index >= 15 is 0 Å². The minimum absolute atomic E-state index is 0.400. The maximum absolute atomic E-state index is 10.9. The zero-order valence-corrected chi connectivity index (χ0v) is 10.2. The Bertz CT molecular complexity index is 545. The molecule has 7 heteroatoms. The summed E-state index contributed by atoms with van der Waals surface area (Å²) < 4.78 is 0. The summed E-state index contributed by atoms with van der Waals surface area (Å²) in [6.45, 7) is 3.77. The maximum atomic E-state index is 10.9. The largest absolute Gasteiger partial charge is 0.365 e. The molecule has 2 aromatic rings. The van der Waals surface area contributed by atoms with Gasteiger partial charge in [-0.05, 0) is 19.9 Å². The van der Waals surface area contributed by atoms with Gasteiger partial charge in [0.1, 0.15) is 4.88 Å². The lowest BCUT2D eigenvalue weighted by Gasteiger charge is -2.02. The number of nitrogens with two attached hydrogens (primary N) is 1. The fourth-order valence-electron chi connectivity index (χ4n) is 1.32. The number of aromatic nitrogens is 3. The van der Waals surface area contributed by atoms with E-state index in [9.17, 15) is 4.79 Å². The molecule has 88 valence electrons. The van der Waals surface area contributed by atoms with Crippen LogP contribution in [0.4, 0.5) is 11.1 Å². The second-order valence-corrected chi connectivity index (χ2v) is 4.52. The number of aryl methyl sites for hydroxylation is 2. The fraction of sp³-hybridized carbons (Fsp3) is 0.200. The Hall–Kier alpha value is -2.02. The van der Waals surface area contributed by atoms with Gasteiger partial charge in [-0.15, -0.1) is 0 Å². The van der Waals surface area contributed by atoms with Crippen molar-refractivity contribution in [1.29, 1.82) is 0 Å². The van der Waals surface area contributed by atoms with Gasteiger partial charge in [0.25, 0.3) is 5.91 Å². The van der Waals surface area contributed by atoms with Crippen molar-refractivity contribution in [2.75, 3.05) is 5.32 Å². The molecule has 6 nitrogen and oxygen atoms in total. The first-order valence-electron chi connectivity index (χ1n) is 4.89. The summed E-state index contributed by atoms with van der Waals surface area (Å²) in [5.41, 5.74) is 6.88. The van der Waals surface area contributed by atoms with Crippen LogP contribution < -0.4 is 11.1 Å². The van der Waals surface area contributed by atoms with E-state index in [4.69, 9.17) is 5.73 Å². The molecule has 0 unspecified atom stereocenters. The van der Waals surface area contributed by atoms with E-state index in [-0.39, 0.29) is 0 Å². The summed E-state index contributed by atoms with van der Waals surface area (Å²) in [6, 6.07) is 1.88. The third-order valence-corrected chi connectivity index (χ3v) is 2.88. The second kappa shape index (κ2) is 4.46. The molecular weight excluding hydrogens is 238 g/mol. The van der Waals surface area contributed by atoms with Crippen LogP contribution in [0.1, 0.15) is 21.1 Å². The molecule has 0 saturated heterocycles. The molecule has 0 atom stereocenters. The predicted molar refractivity (Wildman–Crippen MR) is 65.4 cm³/mol. The molecular formula is C10H11N5OS. The van der Waals surface area contributed by atoms with Crippen molar-refractivity contribution in [3.8, 4) is 0 Å². The van der Waals surface area contributed by atoms with Crippen LogP contribution in [0.5, 0.6) is 0 Å². The van der Waals surface area contributed by atoms with Crippen LogP contribution in [-0.4, -0.2) is 20.9 Å². The molecule has 0 spiro atoms. The maximum Gasteiger partial charge on any atom is 0.260 e. The Morgan fingerprint density at radius 3 is 2.53 bits per heavy atom. The monoisotopic (exact) mass is 249 g/mol. The Balaban J connectivity index is 2.22. The van der Waals surface area contributed by atoms with E-state index in [1.807, 2.05) is 19.9 Å². The Labute approximate surface area is 102 Å². The SMILES string of the molecule is Cc1cc(C)nc(Nc2ncc(C(N)=O)s2)n1. The quantitative estimate of drug-likeness (QED) is 0.857. The number of carbonyl (C=O) groups is 1. The van der Waals surface area contributed by atoms with E-state index in [1.54, 1.807) is 0 Å². The fourth-order valence-corrected chi connectivity index (χ4v) is 1.99. The number of hydrogen-bond donors (Lipinski definition) is 2. The van der Waals surface area contributed by atoms with Crippen molar-refractivity contribution in [2.45, 2.75) is 13.8 Å². The lowest BCUT2D eigenvalue weighted by Crippen LogP contribution is -2.08. The van der Waals surface area contributed by atoms with Crippen molar-refractivity contribution in [3.63, 3.8) is 0 Å². The minimum Gasteiger partial charge on any atom is -0.365 e. The summed E-state index contributed by atoms with van der Waals surface area (Å²) >= 11 is 1.17. The van der Waals surface area contributed by atoms with E-state index in [2.05, 4.69) is 20.3 Å². The summed E-state index contributed by atoms with van der Waals surface area (Å²) in [7, 11) is 0. The van der Waals surface area contributed by atoms with Gasteiger partial charge in [0.05, 0.1) is 6.20 Å². The smallest absolute Gasteiger partial charge is 0.260 e. The number of primary amides is 1. The average molecular weight is 249 g/mol. The Morgan fingerprint density at radius 1 is 1.35 bits per heavy atom. The van der Waals surface area contributed by atoms with Crippen molar-refractivity contribution >= 4 is 28.3 Å². The number of thiazole rings is 1. The van der Waals surface area contributed by atoms with Crippen LogP contribution in [-0.2, 0) is 0 Å². The molecule has 0 fully saturated rings. The zero-order chi connectivity index (χ0) is 12.4. The molecule has 0 aliphatic heterocycles. The molecule has 0 saturated carbocycles. The van der Waals surface area contributed by atoms with Crippen molar-refractivity contribution in [2.24, 2.45) is 5.73 Å². The van der Waals surface area contributed by atoms with E-state index in [1.165, 1.54) is 17.5 Å². The van der Waals surface area contributed by atoms with Crippen LogP contribution in [0, 0.1) is 13.8 Å². The molecule has 0 radical (unpaired) electrons. The number of nitrogens with one attached hydrogen (secondary N) is 1. The summed E-state index contributed by atoms with van der Waals surface area (Å²) in [6.07, 6.45) is 1.43. The summed E-state index contributed by atoms with van der Waals surface area (Å²) in [5, 5.41) is 3.48. The van der Waals surface area contributed by atoms with Gasteiger partial charge < -0.3 is 11.1 Å². The number of nitrogens with zero attached hydrogens (tertiary/aromatic N) is 3. The van der Waals surface area contributed by atoms with Crippen molar-refractivity contribution in [1.82, 2.24) is 15.0 Å². The summed E-state index contributed by atoms with van der Waals surface area (Å²) in [5.74, 6) is -0.0234. The molecule has 17 heavy (non-hydrogen) atoms. The van der Waals surface area contributed by atoms with Gasteiger partial charge in [-0.2, -0.15) is 0 Å². The predicted octanol–water partition coefficient (Wildman–Crippen LogP) is 1.39. The minimum atomic E-state index is -0.489. The van der Waals surface area contributed by atoms with Crippen molar-refractivity contribution < 1.29 is 4.79 Å². The van der Waals surface area contributed by atoms with Gasteiger partial charge in [0.2, 0.25) is 5.95 Å². The average Bonchev–Trinajstić information content (AvgIpc) is 2.64. The van der Waals surface area contributed by atoms with Crippen LogP contribution in [0.3, 0.4) is 0 Å². The topological polar surface area (TPSA) is 93.8 Å². The molecule has 0 aliphatic carbocycles. The highest BCUT2D eigenvalue weighted by Crippen LogP contribution is 2.20. The molecule has 0 aliphatic rings. The summed E-state index contributed by atoms with van der Waals surface area (Å²) in [4.78, 5) is 23.8. The molecule has 3 N–H and O–H groups in total. The Kier molecular flexibility index (Phi) is 3.01. The van der Waals surface area contributed by atoms with Crippen molar-refractivity contribution in [3.05, 3.63) is 28.5 Å². The zero-order valence-electron chi connectivity index (χ0n) is 9.39. The van der Waals surface area contributed by atoms with Crippen LogP contribution in [0.15, 0.2) is 12.3 Å². The number of amides is 1. The highest BCUT2D eigenvalue weighted by Gasteiger charge is 2.08. The Morgan fingerprint density at radius 2 is 2.00 bits per heavy atom. The normalized spacial score (nSPS) is 10.2. The van der Waals surface area contributed by atoms with Crippen LogP contribution in [0.2, 0.25) is 0 Å². The first kappa shape index (κ1) is 11.5. The van der Waals surface area contributed by atoms with Gasteiger partial charge in [0.15, 0.2) is 5.13 Å². The van der Waals surface area contributed by atoms with Crippen LogP contribution in [0.25, 0.3) is 0 Å². The number of hydrogen-bond acceptors (Lipinski definition) is 6. The number of anilines is 2.